The number of benzene rings is 1. The highest BCUT2D eigenvalue weighted by Gasteiger charge is 2.11. The molecule has 9 heteroatoms. The summed E-state index contributed by atoms with van der Waals surface area (Å²) in [5.41, 5.74) is 0.491. The van der Waals surface area contributed by atoms with E-state index in [1.807, 2.05) is 6.92 Å². The lowest BCUT2D eigenvalue weighted by molar-refractivity contribution is -0.301. The topological polar surface area (TPSA) is 109 Å². The van der Waals surface area contributed by atoms with Crippen molar-refractivity contribution in [2.24, 2.45) is 10.2 Å². The van der Waals surface area contributed by atoms with Gasteiger partial charge in [-0.05, 0) is 19.1 Å². The molecule has 2 N–H and O–H groups in total. The first-order valence-electron chi connectivity index (χ1n) is 7.13. The third-order valence-corrected chi connectivity index (χ3v) is 3.83. The molecule has 8 nitrogen and oxygen atoms in total. The number of para-hydroxylation sites is 1. The molecule has 0 atom stereocenters. The van der Waals surface area contributed by atoms with E-state index in [4.69, 9.17) is 9.78 Å². The molecule has 0 aliphatic carbocycles. The van der Waals surface area contributed by atoms with Gasteiger partial charge in [-0.25, -0.2) is 14.8 Å². The first kappa shape index (κ1) is 16.2. The third-order valence-electron chi connectivity index (χ3n) is 3.05. The first-order valence-corrected chi connectivity index (χ1v) is 8.01. The van der Waals surface area contributed by atoms with Crippen molar-refractivity contribution in [3.05, 3.63) is 45.7 Å². The summed E-state index contributed by atoms with van der Waals surface area (Å²) in [6.45, 7) is 2.46. The molecule has 24 heavy (non-hydrogen) atoms. The van der Waals surface area contributed by atoms with Crippen LogP contribution in [-0.4, -0.2) is 21.7 Å². The number of aromatic amines is 1. The van der Waals surface area contributed by atoms with Gasteiger partial charge < -0.3 is 10.1 Å². The summed E-state index contributed by atoms with van der Waals surface area (Å²) in [4.78, 5) is 28.6. The fraction of sp³-hybridized carbons (Fsp3) is 0.200. The molecule has 0 aliphatic heterocycles. The van der Waals surface area contributed by atoms with Gasteiger partial charge in [0.15, 0.2) is 11.4 Å². The number of H-pyrrole nitrogens is 1. The Hall–Kier alpha value is -2.62. The standard InChI is InChI=1S/C15H14N4O4S/c1-2-22-23-7-9-8-24-15(16-9)19-18-12-13(20)10-5-3-4-6-11(10)17-14(12)21/h3-6,8H,2,7H2,1H3,(H2,17,20,21). The maximum atomic E-state index is 12.0. The van der Waals surface area contributed by atoms with Gasteiger partial charge in [-0.3, -0.25) is 4.79 Å². The second kappa shape index (κ2) is 7.30. The molecule has 124 valence electrons. The molecule has 2 aromatic heterocycles. The molecule has 0 amide bonds. The predicted octanol–water partition coefficient (Wildman–Crippen LogP) is 3.57. The van der Waals surface area contributed by atoms with Crippen LogP contribution in [0.3, 0.4) is 0 Å². The number of aromatic hydroxyl groups is 1. The quantitative estimate of drug-likeness (QED) is 0.307. The minimum absolute atomic E-state index is 0.156. The highest BCUT2D eigenvalue weighted by molar-refractivity contribution is 7.13. The van der Waals surface area contributed by atoms with Gasteiger partial charge in [0, 0.05) is 10.8 Å². The van der Waals surface area contributed by atoms with Gasteiger partial charge >= 0.3 is 0 Å². The molecular weight excluding hydrogens is 332 g/mol. The van der Waals surface area contributed by atoms with Crippen molar-refractivity contribution >= 4 is 33.1 Å². The third kappa shape index (κ3) is 3.48. The number of aromatic nitrogens is 2. The summed E-state index contributed by atoms with van der Waals surface area (Å²) >= 11 is 1.24. The molecule has 0 saturated carbocycles. The number of pyridine rings is 1. The molecular formula is C15H14N4O4S. The van der Waals surface area contributed by atoms with E-state index < -0.39 is 5.56 Å². The first-order chi connectivity index (χ1) is 11.7. The van der Waals surface area contributed by atoms with Crippen molar-refractivity contribution in [3.8, 4) is 5.75 Å². The van der Waals surface area contributed by atoms with Crippen molar-refractivity contribution in [3.63, 3.8) is 0 Å². The van der Waals surface area contributed by atoms with E-state index in [1.165, 1.54) is 11.3 Å². The Balaban J connectivity index is 1.84. The number of azo groups is 1. The van der Waals surface area contributed by atoms with Crippen molar-refractivity contribution in [2.75, 3.05) is 6.61 Å². The molecule has 0 fully saturated rings. The number of hydrogen-bond acceptors (Lipinski definition) is 8. The van der Waals surface area contributed by atoms with Crippen molar-refractivity contribution in [2.45, 2.75) is 13.5 Å². The lowest BCUT2D eigenvalue weighted by Crippen LogP contribution is -2.04. The van der Waals surface area contributed by atoms with Gasteiger partial charge in [-0.2, -0.15) is 0 Å². The SMILES string of the molecule is CCOOCc1csc(N=Nc2c(O)c3ccccc3[nH]c2=O)n1. The molecule has 0 bridgehead atoms. The number of nitrogens with zero attached hydrogens (tertiary/aromatic N) is 3. The van der Waals surface area contributed by atoms with Gasteiger partial charge in [-0.1, -0.05) is 12.1 Å². The van der Waals surface area contributed by atoms with Gasteiger partial charge in [0.25, 0.3) is 5.56 Å². The van der Waals surface area contributed by atoms with E-state index in [0.717, 1.165) is 0 Å². The van der Waals surface area contributed by atoms with E-state index in [2.05, 4.69) is 20.2 Å². The molecule has 0 aliphatic rings. The number of thiazole rings is 1. The van der Waals surface area contributed by atoms with Gasteiger partial charge in [0.2, 0.25) is 5.13 Å². The summed E-state index contributed by atoms with van der Waals surface area (Å²) in [6.07, 6.45) is 0. The van der Waals surface area contributed by atoms with Crippen LogP contribution in [0.25, 0.3) is 10.9 Å². The Morgan fingerprint density at radius 3 is 2.96 bits per heavy atom. The van der Waals surface area contributed by atoms with E-state index >= 15 is 0 Å². The molecule has 3 rings (SSSR count). The Morgan fingerprint density at radius 1 is 1.29 bits per heavy atom. The molecule has 0 spiro atoms. The van der Waals surface area contributed by atoms with Gasteiger partial charge in [0.05, 0.1) is 17.8 Å². The molecule has 0 saturated heterocycles. The van der Waals surface area contributed by atoms with Crippen LogP contribution in [0.1, 0.15) is 12.6 Å². The Labute approximate surface area is 140 Å². The monoisotopic (exact) mass is 346 g/mol. The lowest BCUT2D eigenvalue weighted by atomic mass is 10.2. The van der Waals surface area contributed by atoms with E-state index in [0.29, 0.717) is 28.3 Å². The summed E-state index contributed by atoms with van der Waals surface area (Å²) < 4.78 is 0. The largest absolute Gasteiger partial charge is 0.505 e. The zero-order valence-corrected chi connectivity index (χ0v) is 13.5. The minimum Gasteiger partial charge on any atom is -0.505 e. The van der Waals surface area contributed by atoms with Gasteiger partial charge in [-0.15, -0.1) is 21.6 Å². The highest BCUT2D eigenvalue weighted by Crippen LogP contribution is 2.31. The van der Waals surface area contributed by atoms with Crippen LogP contribution in [0, 0.1) is 0 Å². The minimum atomic E-state index is -0.522. The predicted molar refractivity (Wildman–Crippen MR) is 88.9 cm³/mol. The molecule has 0 radical (unpaired) electrons. The summed E-state index contributed by atoms with van der Waals surface area (Å²) in [5, 5.41) is 20.6. The van der Waals surface area contributed by atoms with Crippen molar-refractivity contribution in [1.82, 2.24) is 9.97 Å². The summed E-state index contributed by atoms with van der Waals surface area (Å²) in [5.74, 6) is -0.213. The number of hydrogen-bond donors (Lipinski definition) is 2. The average molecular weight is 346 g/mol. The smallest absolute Gasteiger partial charge is 0.280 e. The van der Waals surface area contributed by atoms with Crippen LogP contribution >= 0.6 is 11.3 Å². The van der Waals surface area contributed by atoms with Crippen LogP contribution in [0.5, 0.6) is 5.75 Å². The maximum absolute atomic E-state index is 12.0. The van der Waals surface area contributed by atoms with Crippen LogP contribution in [-0.2, 0) is 16.4 Å². The Bertz CT molecular complexity index is 935. The fourth-order valence-electron chi connectivity index (χ4n) is 1.99. The van der Waals surface area contributed by atoms with Crippen LogP contribution in [0.4, 0.5) is 10.8 Å². The second-order valence-corrected chi connectivity index (χ2v) is 5.52. The molecule has 3 aromatic rings. The number of nitrogens with one attached hydrogen (secondary N) is 1. The molecule has 1 aromatic carbocycles. The summed E-state index contributed by atoms with van der Waals surface area (Å²) in [7, 11) is 0. The van der Waals surface area contributed by atoms with Crippen molar-refractivity contribution in [1.29, 1.82) is 0 Å². The lowest BCUT2D eigenvalue weighted by Gasteiger charge is -2.02. The molecule has 0 unspecified atom stereocenters. The van der Waals surface area contributed by atoms with Crippen LogP contribution in [0.15, 0.2) is 44.7 Å². The Kier molecular flexibility index (Phi) is 4.94. The zero-order chi connectivity index (χ0) is 16.9. The summed E-state index contributed by atoms with van der Waals surface area (Å²) in [6, 6.07) is 6.90. The normalized spacial score (nSPS) is 11.5. The highest BCUT2D eigenvalue weighted by atomic mass is 32.1. The second-order valence-electron chi connectivity index (χ2n) is 4.69. The fourth-order valence-corrected chi connectivity index (χ4v) is 2.61. The van der Waals surface area contributed by atoms with Crippen LogP contribution < -0.4 is 5.56 Å². The maximum Gasteiger partial charge on any atom is 0.280 e. The van der Waals surface area contributed by atoms with E-state index in [1.54, 1.807) is 29.6 Å². The van der Waals surface area contributed by atoms with E-state index in [9.17, 15) is 9.90 Å². The van der Waals surface area contributed by atoms with E-state index in [-0.39, 0.29) is 18.0 Å². The molecule has 2 heterocycles. The number of rotatable bonds is 6. The Morgan fingerprint density at radius 2 is 2.12 bits per heavy atom. The van der Waals surface area contributed by atoms with Gasteiger partial charge in [0.1, 0.15) is 6.61 Å². The zero-order valence-electron chi connectivity index (χ0n) is 12.7. The van der Waals surface area contributed by atoms with Crippen LogP contribution in [0.2, 0.25) is 0 Å². The van der Waals surface area contributed by atoms with Crippen molar-refractivity contribution < 1.29 is 14.9 Å². The average Bonchev–Trinajstić information content (AvgIpc) is 3.03. The number of fused-ring (bicyclic) bond motifs is 1.